The van der Waals surface area contributed by atoms with Crippen LogP contribution in [0.15, 0.2) is 0 Å². The molecular formula is C8H22O4Si2. The summed E-state index contributed by atoms with van der Waals surface area (Å²) in [5.41, 5.74) is 0. The Morgan fingerprint density at radius 1 is 0.571 bits per heavy atom. The van der Waals surface area contributed by atoms with Crippen LogP contribution in [0.2, 0.25) is 0 Å². The smallest absolute Gasteiger partial charge is 0.364 e. The van der Waals surface area contributed by atoms with Gasteiger partial charge >= 0.3 is 17.6 Å². The van der Waals surface area contributed by atoms with Gasteiger partial charge in [0.25, 0.3) is 0 Å². The second kappa shape index (κ2) is 9.81. The maximum Gasteiger partial charge on any atom is 0.364 e. The van der Waals surface area contributed by atoms with Crippen LogP contribution in [0, 0.1) is 0 Å². The summed E-state index contributed by atoms with van der Waals surface area (Å²) in [5.74, 6) is 0. The lowest BCUT2D eigenvalue weighted by molar-refractivity contribution is 0.181. The van der Waals surface area contributed by atoms with Crippen LogP contribution >= 0.6 is 0 Å². The summed E-state index contributed by atoms with van der Waals surface area (Å²) < 4.78 is 22.3. The molecule has 0 aromatic carbocycles. The molecule has 0 aromatic rings. The molecule has 0 bridgehead atoms. The summed E-state index contributed by atoms with van der Waals surface area (Å²) in [4.78, 5) is 0. The summed E-state index contributed by atoms with van der Waals surface area (Å²) in [5, 5.41) is 0. The molecule has 86 valence electrons. The Hall–Kier alpha value is 0.274. The van der Waals surface area contributed by atoms with Crippen molar-refractivity contribution >= 4 is 17.6 Å². The highest BCUT2D eigenvalue weighted by Gasteiger charge is 2.30. The maximum absolute atomic E-state index is 5.58. The molecule has 0 spiro atoms. The summed E-state index contributed by atoms with van der Waals surface area (Å²) in [7, 11) is -3.38. The summed E-state index contributed by atoms with van der Waals surface area (Å²) in [6.07, 6.45) is 0. The highest BCUT2D eigenvalue weighted by Crippen LogP contribution is 2.00. The van der Waals surface area contributed by atoms with Gasteiger partial charge in [0.05, 0.1) is 0 Å². The van der Waals surface area contributed by atoms with E-state index in [-0.39, 0.29) is 0 Å². The van der Waals surface area contributed by atoms with Crippen molar-refractivity contribution in [3.63, 3.8) is 0 Å². The van der Waals surface area contributed by atoms with Crippen LogP contribution in [-0.4, -0.2) is 44.0 Å². The molecular weight excluding hydrogens is 216 g/mol. The van der Waals surface area contributed by atoms with E-state index in [4.69, 9.17) is 17.7 Å². The molecule has 0 aromatic heterocycles. The SMILES string of the molecule is CCO[SiH](OCC)[SiH](OCC)OCC. The summed E-state index contributed by atoms with van der Waals surface area (Å²) >= 11 is 0. The van der Waals surface area contributed by atoms with E-state index in [0.29, 0.717) is 26.4 Å². The molecule has 6 heteroatoms. The van der Waals surface area contributed by atoms with Crippen molar-refractivity contribution in [1.29, 1.82) is 0 Å². The van der Waals surface area contributed by atoms with Gasteiger partial charge in [-0.05, 0) is 27.7 Å². The van der Waals surface area contributed by atoms with E-state index in [1.807, 2.05) is 27.7 Å². The third kappa shape index (κ3) is 5.89. The molecule has 0 N–H and O–H groups in total. The quantitative estimate of drug-likeness (QED) is 0.553. The summed E-state index contributed by atoms with van der Waals surface area (Å²) in [6.45, 7) is 10.6. The van der Waals surface area contributed by atoms with Gasteiger partial charge in [-0.3, -0.25) is 0 Å². The zero-order valence-corrected chi connectivity index (χ0v) is 11.9. The predicted octanol–water partition coefficient (Wildman–Crippen LogP) is 0.652. The van der Waals surface area contributed by atoms with Gasteiger partial charge in [0.15, 0.2) is 0 Å². The third-order valence-electron chi connectivity index (χ3n) is 1.55. The molecule has 0 amide bonds. The van der Waals surface area contributed by atoms with Crippen LogP contribution in [-0.2, 0) is 17.7 Å². The molecule has 0 saturated carbocycles. The van der Waals surface area contributed by atoms with Gasteiger partial charge in [-0.1, -0.05) is 0 Å². The first-order valence-electron chi connectivity index (χ1n) is 5.26. The zero-order valence-electron chi connectivity index (χ0n) is 9.62. The monoisotopic (exact) mass is 238 g/mol. The van der Waals surface area contributed by atoms with E-state index >= 15 is 0 Å². The van der Waals surface area contributed by atoms with Crippen molar-refractivity contribution < 1.29 is 17.7 Å². The molecule has 0 heterocycles. The Balaban J connectivity index is 4.06. The van der Waals surface area contributed by atoms with Crippen LogP contribution in [0.4, 0.5) is 0 Å². The topological polar surface area (TPSA) is 36.9 Å². The van der Waals surface area contributed by atoms with Crippen LogP contribution in [0.1, 0.15) is 27.7 Å². The van der Waals surface area contributed by atoms with E-state index < -0.39 is 17.6 Å². The van der Waals surface area contributed by atoms with E-state index in [0.717, 1.165) is 0 Å². The van der Waals surface area contributed by atoms with Gasteiger partial charge in [0, 0.05) is 26.4 Å². The van der Waals surface area contributed by atoms with Crippen molar-refractivity contribution in [2.24, 2.45) is 0 Å². The minimum atomic E-state index is -1.69. The molecule has 0 aliphatic carbocycles. The second-order valence-electron chi connectivity index (χ2n) is 2.56. The molecule has 0 saturated heterocycles. The fraction of sp³-hybridized carbons (Fsp3) is 1.00. The van der Waals surface area contributed by atoms with Crippen molar-refractivity contribution in [2.45, 2.75) is 27.7 Å². The first-order chi connectivity index (χ1) is 6.79. The highest BCUT2D eigenvalue weighted by atomic mass is 29.2. The lowest BCUT2D eigenvalue weighted by atomic mass is 10.9. The Labute approximate surface area is 90.0 Å². The van der Waals surface area contributed by atoms with Gasteiger partial charge in [-0.2, -0.15) is 0 Å². The van der Waals surface area contributed by atoms with Crippen molar-refractivity contribution in [2.75, 3.05) is 26.4 Å². The number of hydrogen-bond acceptors (Lipinski definition) is 4. The van der Waals surface area contributed by atoms with Crippen LogP contribution in [0.25, 0.3) is 0 Å². The fourth-order valence-corrected chi connectivity index (χ4v) is 7.40. The first kappa shape index (κ1) is 14.3. The molecule has 0 rings (SSSR count). The van der Waals surface area contributed by atoms with Crippen molar-refractivity contribution in [3.05, 3.63) is 0 Å². The lowest BCUT2D eigenvalue weighted by Crippen LogP contribution is -2.46. The van der Waals surface area contributed by atoms with Crippen molar-refractivity contribution in [1.82, 2.24) is 0 Å². The number of rotatable bonds is 9. The van der Waals surface area contributed by atoms with E-state index in [9.17, 15) is 0 Å². The van der Waals surface area contributed by atoms with E-state index in [2.05, 4.69) is 0 Å². The highest BCUT2D eigenvalue weighted by molar-refractivity contribution is 7.10. The minimum absolute atomic E-state index is 0.681. The third-order valence-corrected chi connectivity index (χ3v) is 8.28. The molecule has 0 aliphatic rings. The zero-order chi connectivity index (χ0) is 10.8. The largest absolute Gasteiger partial charge is 0.396 e. The Morgan fingerprint density at radius 3 is 0.929 bits per heavy atom. The fourth-order valence-electron chi connectivity index (χ4n) is 1.07. The normalized spacial score (nSPS) is 11.6. The van der Waals surface area contributed by atoms with Gasteiger partial charge in [-0.15, -0.1) is 0 Å². The van der Waals surface area contributed by atoms with Crippen LogP contribution in [0.5, 0.6) is 0 Å². The molecule has 0 aliphatic heterocycles. The number of hydrogen-bond donors (Lipinski definition) is 0. The molecule has 4 nitrogen and oxygen atoms in total. The van der Waals surface area contributed by atoms with E-state index in [1.165, 1.54) is 0 Å². The maximum atomic E-state index is 5.58. The van der Waals surface area contributed by atoms with Gasteiger partial charge < -0.3 is 17.7 Å². The molecule has 0 radical (unpaired) electrons. The average Bonchev–Trinajstić information content (AvgIpc) is 2.17. The summed E-state index contributed by atoms with van der Waals surface area (Å²) in [6, 6.07) is 0. The molecule has 0 unspecified atom stereocenters. The van der Waals surface area contributed by atoms with Gasteiger partial charge in [0.1, 0.15) is 0 Å². The predicted molar refractivity (Wildman–Crippen MR) is 60.8 cm³/mol. The first-order valence-corrected chi connectivity index (χ1v) is 9.81. The standard InChI is InChI=1S/C8H22O4Si2/c1-5-9-13(10-6-2)14(11-7-3)12-8-4/h13-14H,5-8H2,1-4H3. The average molecular weight is 238 g/mol. The Morgan fingerprint density at radius 2 is 0.786 bits per heavy atom. The van der Waals surface area contributed by atoms with Gasteiger partial charge in [0.2, 0.25) is 0 Å². The van der Waals surface area contributed by atoms with Gasteiger partial charge in [-0.25, -0.2) is 0 Å². The minimum Gasteiger partial charge on any atom is -0.396 e. The molecule has 0 fully saturated rings. The van der Waals surface area contributed by atoms with Crippen LogP contribution in [0.3, 0.4) is 0 Å². The Kier molecular flexibility index (Phi) is 10.0. The van der Waals surface area contributed by atoms with Crippen LogP contribution < -0.4 is 0 Å². The van der Waals surface area contributed by atoms with Crippen molar-refractivity contribution in [3.8, 4) is 0 Å². The molecule has 14 heavy (non-hydrogen) atoms. The second-order valence-corrected chi connectivity index (χ2v) is 8.63. The van der Waals surface area contributed by atoms with E-state index in [1.54, 1.807) is 0 Å². The Bertz CT molecular complexity index is 99.9. The molecule has 0 atom stereocenters. The lowest BCUT2D eigenvalue weighted by Gasteiger charge is -2.22.